The lowest BCUT2D eigenvalue weighted by Gasteiger charge is -2.18. The molecular weight excluding hydrogens is 286 g/mol. The molecule has 0 radical (unpaired) electrons. The van der Waals surface area contributed by atoms with Crippen molar-refractivity contribution in [2.75, 3.05) is 19.7 Å². The van der Waals surface area contributed by atoms with E-state index in [1.165, 1.54) is 10.4 Å². The minimum Gasteiger partial charge on any atom is -0.395 e. The van der Waals surface area contributed by atoms with Gasteiger partial charge >= 0.3 is 0 Å². The third kappa shape index (κ3) is 5.32. The van der Waals surface area contributed by atoms with Crippen molar-refractivity contribution in [2.24, 2.45) is 0 Å². The molecule has 0 aromatic heterocycles. The molecule has 0 saturated heterocycles. The molecule has 0 bridgehead atoms. The smallest absolute Gasteiger partial charge is 0.236 e. The summed E-state index contributed by atoms with van der Waals surface area (Å²) < 4.78 is 25.4. The first-order chi connectivity index (χ1) is 8.99. The Balaban J connectivity index is 2.84. The lowest BCUT2D eigenvalue weighted by molar-refractivity contribution is 0.254. The maximum atomic E-state index is 12.1. The van der Waals surface area contributed by atoms with E-state index in [-0.39, 0.29) is 13.2 Å². The van der Waals surface area contributed by atoms with Crippen LogP contribution in [-0.2, 0) is 10.0 Å². The second-order valence-electron chi connectivity index (χ2n) is 4.02. The first kappa shape index (κ1) is 16.2. The highest BCUT2D eigenvalue weighted by molar-refractivity contribution is 7.92. The molecule has 0 saturated carbocycles. The Morgan fingerprint density at radius 1 is 1.26 bits per heavy atom. The lowest BCUT2D eigenvalue weighted by Crippen LogP contribution is -2.32. The maximum absolute atomic E-state index is 12.1. The summed E-state index contributed by atoms with van der Waals surface area (Å²) in [6, 6.07) is 6.88. The van der Waals surface area contributed by atoms with Crippen molar-refractivity contribution in [1.82, 2.24) is 4.31 Å². The summed E-state index contributed by atoms with van der Waals surface area (Å²) in [7, 11) is -3.50. The van der Waals surface area contributed by atoms with Crippen LogP contribution in [0.4, 0.5) is 0 Å². The van der Waals surface area contributed by atoms with Crippen LogP contribution in [0.1, 0.15) is 18.9 Å². The summed E-state index contributed by atoms with van der Waals surface area (Å²) in [5.74, 6) is 0. The second kappa shape index (κ2) is 7.65. The van der Waals surface area contributed by atoms with Gasteiger partial charge in [0, 0.05) is 23.5 Å². The highest BCUT2D eigenvalue weighted by Gasteiger charge is 2.17. The standard InChI is InChI=1S/C13H18ClNO3S/c1-2-8-15(9-10-16)19(17,18)11-7-12-3-5-13(14)6-4-12/h3-7,11,16H,2,8-10H2,1H3/b11-7+. The first-order valence-electron chi connectivity index (χ1n) is 6.04. The number of rotatable bonds is 7. The monoisotopic (exact) mass is 303 g/mol. The molecule has 4 nitrogen and oxygen atoms in total. The number of hydrogen-bond donors (Lipinski definition) is 1. The number of halogens is 1. The average molecular weight is 304 g/mol. The topological polar surface area (TPSA) is 57.6 Å². The summed E-state index contributed by atoms with van der Waals surface area (Å²) in [6.07, 6.45) is 2.22. The summed E-state index contributed by atoms with van der Waals surface area (Å²) >= 11 is 5.76. The molecule has 1 aromatic carbocycles. The van der Waals surface area contributed by atoms with E-state index in [9.17, 15) is 8.42 Å². The van der Waals surface area contributed by atoms with Gasteiger partial charge in [-0.05, 0) is 30.2 Å². The van der Waals surface area contributed by atoms with E-state index in [1.807, 2.05) is 6.92 Å². The SMILES string of the molecule is CCCN(CCO)S(=O)(=O)/C=C/c1ccc(Cl)cc1. The maximum Gasteiger partial charge on any atom is 0.236 e. The normalized spacial score (nSPS) is 12.4. The minimum absolute atomic E-state index is 0.112. The van der Waals surface area contributed by atoms with Crippen LogP contribution in [0, 0.1) is 0 Å². The third-order valence-electron chi connectivity index (χ3n) is 2.48. The van der Waals surface area contributed by atoms with Crippen LogP contribution in [-0.4, -0.2) is 37.5 Å². The van der Waals surface area contributed by atoms with Crippen LogP contribution >= 0.6 is 11.6 Å². The molecule has 0 heterocycles. The molecule has 0 atom stereocenters. The Morgan fingerprint density at radius 3 is 2.42 bits per heavy atom. The van der Waals surface area contributed by atoms with Crippen molar-refractivity contribution in [3.63, 3.8) is 0 Å². The Bertz CT molecular complexity index is 505. The van der Waals surface area contributed by atoms with Crippen molar-refractivity contribution in [3.8, 4) is 0 Å². The fraction of sp³-hybridized carbons (Fsp3) is 0.385. The van der Waals surface area contributed by atoms with Gasteiger partial charge in [-0.1, -0.05) is 30.7 Å². The molecule has 1 rings (SSSR count). The molecule has 0 amide bonds. The van der Waals surface area contributed by atoms with Crippen molar-refractivity contribution in [3.05, 3.63) is 40.3 Å². The van der Waals surface area contributed by atoms with Crippen LogP contribution in [0.2, 0.25) is 5.02 Å². The molecule has 0 aliphatic heterocycles. The van der Waals surface area contributed by atoms with Crippen molar-refractivity contribution < 1.29 is 13.5 Å². The van der Waals surface area contributed by atoms with Crippen molar-refractivity contribution in [2.45, 2.75) is 13.3 Å². The van der Waals surface area contributed by atoms with Crippen molar-refractivity contribution in [1.29, 1.82) is 0 Å². The van der Waals surface area contributed by atoms with Gasteiger partial charge in [-0.15, -0.1) is 0 Å². The van der Waals surface area contributed by atoms with Gasteiger partial charge in [0.15, 0.2) is 0 Å². The van der Waals surface area contributed by atoms with Gasteiger partial charge in [0.2, 0.25) is 10.0 Å². The second-order valence-corrected chi connectivity index (χ2v) is 6.28. The fourth-order valence-electron chi connectivity index (χ4n) is 1.55. The van der Waals surface area contributed by atoms with E-state index >= 15 is 0 Å². The number of aliphatic hydroxyl groups excluding tert-OH is 1. The summed E-state index contributed by atoms with van der Waals surface area (Å²) in [6.45, 7) is 2.21. The van der Waals surface area contributed by atoms with Gasteiger partial charge in [0.25, 0.3) is 0 Å². The molecule has 0 aliphatic carbocycles. The average Bonchev–Trinajstić information content (AvgIpc) is 2.38. The van der Waals surface area contributed by atoms with E-state index < -0.39 is 10.0 Å². The van der Waals surface area contributed by atoms with Crippen LogP contribution in [0.15, 0.2) is 29.7 Å². The highest BCUT2D eigenvalue weighted by Crippen LogP contribution is 2.12. The van der Waals surface area contributed by atoms with Crippen molar-refractivity contribution >= 4 is 27.7 Å². The van der Waals surface area contributed by atoms with E-state index in [1.54, 1.807) is 24.3 Å². The molecule has 0 fully saturated rings. The van der Waals surface area contributed by atoms with E-state index in [0.717, 1.165) is 11.0 Å². The molecule has 1 N–H and O–H groups in total. The number of sulfonamides is 1. The Morgan fingerprint density at radius 2 is 1.89 bits per heavy atom. The molecular formula is C13H18ClNO3S. The molecule has 0 aliphatic rings. The van der Waals surface area contributed by atoms with Gasteiger partial charge in [-0.2, -0.15) is 4.31 Å². The Hall–Kier alpha value is -0.880. The summed E-state index contributed by atoms with van der Waals surface area (Å²) in [5.41, 5.74) is 0.758. The zero-order valence-corrected chi connectivity index (χ0v) is 12.4. The van der Waals surface area contributed by atoms with E-state index in [0.29, 0.717) is 18.0 Å². The molecule has 1 aromatic rings. The van der Waals surface area contributed by atoms with Gasteiger partial charge < -0.3 is 5.11 Å². The number of hydrogen-bond acceptors (Lipinski definition) is 3. The van der Waals surface area contributed by atoms with Gasteiger partial charge in [0.05, 0.1) is 6.61 Å². The molecule has 6 heteroatoms. The quantitative estimate of drug-likeness (QED) is 0.841. The summed E-state index contributed by atoms with van der Waals surface area (Å²) in [4.78, 5) is 0. The third-order valence-corrected chi connectivity index (χ3v) is 4.30. The molecule has 0 spiro atoms. The van der Waals surface area contributed by atoms with E-state index in [2.05, 4.69) is 0 Å². The molecule has 0 unspecified atom stereocenters. The van der Waals surface area contributed by atoms with Crippen LogP contribution in [0.25, 0.3) is 6.08 Å². The van der Waals surface area contributed by atoms with Gasteiger partial charge in [0.1, 0.15) is 0 Å². The molecule has 19 heavy (non-hydrogen) atoms. The molecule has 106 valence electrons. The summed E-state index contributed by atoms with van der Waals surface area (Å²) in [5, 5.41) is 10.7. The zero-order valence-electron chi connectivity index (χ0n) is 10.8. The first-order valence-corrected chi connectivity index (χ1v) is 7.92. The predicted octanol–water partition coefficient (Wildman–Crippen LogP) is 2.34. The lowest BCUT2D eigenvalue weighted by atomic mass is 10.2. The Kier molecular flexibility index (Phi) is 6.51. The largest absolute Gasteiger partial charge is 0.395 e. The highest BCUT2D eigenvalue weighted by atomic mass is 35.5. The number of aliphatic hydroxyl groups is 1. The van der Waals surface area contributed by atoms with Crippen LogP contribution in [0.3, 0.4) is 0 Å². The van der Waals surface area contributed by atoms with E-state index in [4.69, 9.17) is 16.7 Å². The number of nitrogens with zero attached hydrogens (tertiary/aromatic N) is 1. The van der Waals surface area contributed by atoms with Crippen LogP contribution < -0.4 is 0 Å². The fourth-order valence-corrected chi connectivity index (χ4v) is 2.95. The predicted molar refractivity (Wildman–Crippen MR) is 78.4 cm³/mol. The van der Waals surface area contributed by atoms with Crippen LogP contribution in [0.5, 0.6) is 0 Å². The van der Waals surface area contributed by atoms with Gasteiger partial charge in [-0.25, -0.2) is 8.42 Å². The Labute approximate surface area is 119 Å². The minimum atomic E-state index is -3.50. The number of benzene rings is 1. The zero-order chi connectivity index (χ0) is 14.3. The van der Waals surface area contributed by atoms with Gasteiger partial charge in [-0.3, -0.25) is 0 Å².